The minimum atomic E-state index is -0.0880. The van der Waals surface area contributed by atoms with Crippen molar-refractivity contribution in [3.63, 3.8) is 0 Å². The fraction of sp³-hybridized carbons (Fsp3) is 0.438. The maximum absolute atomic E-state index is 12.0. The van der Waals surface area contributed by atoms with E-state index in [1.807, 2.05) is 37.4 Å². The largest absolute Gasteiger partial charge is 0.474 e. The molecule has 1 aromatic carbocycles. The molecule has 4 nitrogen and oxygen atoms in total. The molecule has 0 radical (unpaired) electrons. The van der Waals surface area contributed by atoms with E-state index in [0.717, 1.165) is 18.2 Å². The highest BCUT2D eigenvalue weighted by Gasteiger charge is 2.25. The van der Waals surface area contributed by atoms with Gasteiger partial charge < -0.3 is 10.1 Å². The van der Waals surface area contributed by atoms with Crippen molar-refractivity contribution in [2.75, 3.05) is 7.05 Å². The Hall–Kier alpha value is -1.81. The summed E-state index contributed by atoms with van der Waals surface area (Å²) in [5.41, 5.74) is -0.0880. The molecule has 4 heteroatoms. The topological polar surface area (TPSA) is 54.1 Å². The molecule has 1 aromatic heterocycles. The number of hydrogen-bond acceptors (Lipinski definition) is 3. The maximum atomic E-state index is 12.0. The normalized spacial score (nSPS) is 22.9. The van der Waals surface area contributed by atoms with Crippen LogP contribution in [0, 0.1) is 0 Å². The van der Waals surface area contributed by atoms with Crippen molar-refractivity contribution >= 4 is 10.8 Å². The summed E-state index contributed by atoms with van der Waals surface area (Å²) in [5, 5.41) is 4.93. The number of ether oxygens (including phenoxy) is 1. The summed E-state index contributed by atoms with van der Waals surface area (Å²) in [7, 11) is 1.97. The van der Waals surface area contributed by atoms with Crippen molar-refractivity contribution in [3.8, 4) is 5.88 Å². The molecular weight excluding hydrogens is 252 g/mol. The Morgan fingerprint density at radius 3 is 2.90 bits per heavy atom. The van der Waals surface area contributed by atoms with E-state index >= 15 is 0 Å². The Labute approximate surface area is 118 Å². The van der Waals surface area contributed by atoms with E-state index < -0.39 is 0 Å². The van der Waals surface area contributed by atoms with Crippen molar-refractivity contribution in [1.29, 1.82) is 0 Å². The van der Waals surface area contributed by atoms with Crippen LogP contribution in [0.15, 0.2) is 35.1 Å². The lowest BCUT2D eigenvalue weighted by Gasteiger charge is -2.31. The minimum Gasteiger partial charge on any atom is -0.474 e. The highest BCUT2D eigenvalue weighted by Crippen LogP contribution is 2.23. The lowest BCUT2D eigenvalue weighted by molar-refractivity contribution is 0.113. The summed E-state index contributed by atoms with van der Waals surface area (Å²) in [6, 6.07) is 9.85. The van der Waals surface area contributed by atoms with Gasteiger partial charge in [-0.05, 0) is 37.8 Å². The number of nitrogens with one attached hydrogen (secondary N) is 2. The molecule has 0 bridgehead atoms. The Balaban J connectivity index is 1.88. The molecule has 1 aliphatic carbocycles. The quantitative estimate of drug-likeness (QED) is 0.902. The van der Waals surface area contributed by atoms with Crippen LogP contribution in [-0.2, 0) is 0 Å². The van der Waals surface area contributed by atoms with Gasteiger partial charge in [-0.1, -0.05) is 24.6 Å². The first kappa shape index (κ1) is 13.2. The third kappa shape index (κ3) is 2.56. The summed E-state index contributed by atoms with van der Waals surface area (Å²) in [4.78, 5) is 14.9. The van der Waals surface area contributed by atoms with Crippen molar-refractivity contribution in [1.82, 2.24) is 10.3 Å². The number of fused-ring (bicyclic) bond motifs is 1. The van der Waals surface area contributed by atoms with Gasteiger partial charge in [-0.2, -0.15) is 0 Å². The monoisotopic (exact) mass is 272 g/mol. The number of H-pyrrole nitrogens is 1. The third-order valence-electron chi connectivity index (χ3n) is 4.08. The van der Waals surface area contributed by atoms with Gasteiger partial charge in [0.2, 0.25) is 0 Å². The summed E-state index contributed by atoms with van der Waals surface area (Å²) < 4.78 is 6.03. The molecule has 1 aliphatic rings. The van der Waals surface area contributed by atoms with Crippen molar-refractivity contribution < 1.29 is 4.74 Å². The lowest BCUT2D eigenvalue weighted by Crippen LogP contribution is -2.43. The SMILES string of the molecule is CNC1CCCCC1Oc1cc2ccccc2c(=O)[nH]1. The Morgan fingerprint density at radius 2 is 2.05 bits per heavy atom. The van der Waals surface area contributed by atoms with Crippen molar-refractivity contribution in [3.05, 3.63) is 40.7 Å². The van der Waals surface area contributed by atoms with E-state index in [1.165, 1.54) is 12.8 Å². The van der Waals surface area contributed by atoms with Crippen LogP contribution in [0.4, 0.5) is 0 Å². The molecule has 106 valence electrons. The van der Waals surface area contributed by atoms with Gasteiger partial charge in [0.05, 0.1) is 0 Å². The highest BCUT2D eigenvalue weighted by atomic mass is 16.5. The van der Waals surface area contributed by atoms with E-state index in [9.17, 15) is 4.79 Å². The number of hydrogen-bond donors (Lipinski definition) is 2. The molecule has 0 saturated heterocycles. The summed E-state index contributed by atoms with van der Waals surface area (Å²) >= 11 is 0. The Bertz CT molecular complexity index is 650. The Kier molecular flexibility index (Phi) is 3.74. The molecule has 1 saturated carbocycles. The first-order chi connectivity index (χ1) is 9.78. The number of pyridine rings is 1. The molecule has 2 atom stereocenters. The number of benzene rings is 1. The molecular formula is C16H20N2O2. The fourth-order valence-electron chi connectivity index (χ4n) is 2.98. The van der Waals surface area contributed by atoms with Crippen LogP contribution in [0.5, 0.6) is 5.88 Å². The zero-order valence-corrected chi connectivity index (χ0v) is 11.7. The van der Waals surface area contributed by atoms with Gasteiger partial charge in [0, 0.05) is 17.5 Å². The fourth-order valence-corrected chi connectivity index (χ4v) is 2.98. The van der Waals surface area contributed by atoms with E-state index in [2.05, 4.69) is 10.3 Å². The Morgan fingerprint density at radius 1 is 1.25 bits per heavy atom. The molecule has 20 heavy (non-hydrogen) atoms. The maximum Gasteiger partial charge on any atom is 0.258 e. The molecule has 0 amide bonds. The first-order valence-electron chi connectivity index (χ1n) is 7.24. The molecule has 2 unspecified atom stereocenters. The average molecular weight is 272 g/mol. The number of rotatable bonds is 3. The predicted octanol–water partition coefficient (Wildman–Crippen LogP) is 2.44. The van der Waals surface area contributed by atoms with E-state index in [4.69, 9.17) is 4.74 Å². The molecule has 1 fully saturated rings. The zero-order chi connectivity index (χ0) is 13.9. The van der Waals surface area contributed by atoms with E-state index in [1.54, 1.807) is 0 Å². The first-order valence-corrected chi connectivity index (χ1v) is 7.24. The van der Waals surface area contributed by atoms with Crippen LogP contribution in [0.2, 0.25) is 0 Å². The smallest absolute Gasteiger partial charge is 0.258 e. The van der Waals surface area contributed by atoms with Crippen LogP contribution in [0.3, 0.4) is 0 Å². The lowest BCUT2D eigenvalue weighted by atomic mass is 9.92. The zero-order valence-electron chi connectivity index (χ0n) is 11.7. The van der Waals surface area contributed by atoms with E-state index in [0.29, 0.717) is 17.3 Å². The molecule has 2 aromatic rings. The summed E-state index contributed by atoms with van der Waals surface area (Å²) in [5.74, 6) is 0.570. The number of likely N-dealkylation sites (N-methyl/N-ethyl adjacent to an activating group) is 1. The summed E-state index contributed by atoms with van der Waals surface area (Å²) in [6.45, 7) is 0. The summed E-state index contributed by atoms with van der Waals surface area (Å²) in [6.07, 6.45) is 4.70. The van der Waals surface area contributed by atoms with Gasteiger partial charge in [0.1, 0.15) is 6.10 Å². The van der Waals surface area contributed by atoms with Gasteiger partial charge >= 0.3 is 0 Å². The number of aromatic nitrogens is 1. The second-order valence-corrected chi connectivity index (χ2v) is 5.39. The standard InChI is InChI=1S/C16H20N2O2/c1-17-13-8-4-5-9-14(13)20-15-10-11-6-2-3-7-12(11)16(19)18-15/h2-3,6-7,10,13-14,17H,4-5,8-9H2,1H3,(H,18,19). The highest BCUT2D eigenvalue weighted by molar-refractivity contribution is 5.82. The van der Waals surface area contributed by atoms with Gasteiger partial charge in [-0.15, -0.1) is 0 Å². The van der Waals surface area contributed by atoms with Gasteiger partial charge in [0.25, 0.3) is 5.56 Å². The molecule has 3 rings (SSSR count). The molecule has 1 heterocycles. The van der Waals surface area contributed by atoms with Crippen molar-refractivity contribution in [2.45, 2.75) is 37.8 Å². The van der Waals surface area contributed by atoms with Crippen LogP contribution >= 0.6 is 0 Å². The van der Waals surface area contributed by atoms with Crippen LogP contribution in [0.1, 0.15) is 25.7 Å². The molecule has 2 N–H and O–H groups in total. The number of aromatic amines is 1. The third-order valence-corrected chi connectivity index (χ3v) is 4.08. The van der Waals surface area contributed by atoms with Gasteiger partial charge in [-0.25, -0.2) is 0 Å². The second-order valence-electron chi connectivity index (χ2n) is 5.39. The van der Waals surface area contributed by atoms with Gasteiger partial charge in [-0.3, -0.25) is 9.78 Å². The average Bonchev–Trinajstić information content (AvgIpc) is 2.48. The van der Waals surface area contributed by atoms with Crippen LogP contribution in [-0.4, -0.2) is 24.2 Å². The molecule has 0 aliphatic heterocycles. The minimum absolute atomic E-state index is 0.0880. The second kappa shape index (κ2) is 5.67. The van der Waals surface area contributed by atoms with Crippen LogP contribution in [0.25, 0.3) is 10.8 Å². The van der Waals surface area contributed by atoms with Gasteiger partial charge in [0.15, 0.2) is 5.88 Å². The van der Waals surface area contributed by atoms with Crippen molar-refractivity contribution in [2.24, 2.45) is 0 Å². The van der Waals surface area contributed by atoms with E-state index in [-0.39, 0.29) is 11.7 Å². The predicted molar refractivity (Wildman–Crippen MR) is 80.3 cm³/mol. The molecule has 0 spiro atoms. The van der Waals surface area contributed by atoms with Crippen LogP contribution < -0.4 is 15.6 Å².